The second-order valence-electron chi connectivity index (χ2n) is 2.73. The third-order valence-electron chi connectivity index (χ3n) is 1.63. The van der Waals surface area contributed by atoms with Gasteiger partial charge in [0.05, 0.1) is 5.56 Å². The number of carbonyl (C=O) groups is 1. The topological polar surface area (TPSA) is 87.7 Å². The van der Waals surface area contributed by atoms with Gasteiger partial charge in [0, 0.05) is 5.69 Å². The predicted molar refractivity (Wildman–Crippen MR) is 61.6 cm³/mol. The summed E-state index contributed by atoms with van der Waals surface area (Å²) in [5.74, 6) is 4.59. The van der Waals surface area contributed by atoms with Gasteiger partial charge >= 0.3 is 5.97 Å². The summed E-state index contributed by atoms with van der Waals surface area (Å²) in [4.78, 5) is 10.6. The van der Waals surface area contributed by atoms with Crippen molar-refractivity contribution in [2.45, 2.75) is 6.92 Å². The molecule has 15 heavy (non-hydrogen) atoms. The molecule has 4 N–H and O–H groups in total. The second kappa shape index (κ2) is 5.87. The van der Waals surface area contributed by atoms with Crippen LogP contribution < -0.4 is 11.2 Å². The Morgan fingerprint density at radius 3 is 2.73 bits per heavy atom. The number of carboxylic acids is 1. The van der Waals surface area contributed by atoms with Gasteiger partial charge in [0.2, 0.25) is 0 Å². The summed E-state index contributed by atoms with van der Waals surface area (Å²) >= 11 is 0. The summed E-state index contributed by atoms with van der Waals surface area (Å²) in [6.07, 6.45) is 0. The number of halogens is 1. The van der Waals surface area contributed by atoms with E-state index in [1.165, 1.54) is 12.1 Å². The zero-order chi connectivity index (χ0) is 10.6. The third kappa shape index (κ3) is 3.86. The number of hydrazone groups is 1. The Bertz CT molecular complexity index is 379. The molecule has 0 aromatic heterocycles. The predicted octanol–water partition coefficient (Wildman–Crippen LogP) is 1.51. The number of aromatic carboxylic acids is 1. The van der Waals surface area contributed by atoms with Gasteiger partial charge in [-0.1, -0.05) is 6.07 Å². The van der Waals surface area contributed by atoms with E-state index in [1.807, 2.05) is 0 Å². The minimum atomic E-state index is -0.962. The molecule has 0 spiro atoms. The lowest BCUT2D eigenvalue weighted by Gasteiger charge is -2.04. The third-order valence-corrected chi connectivity index (χ3v) is 1.63. The van der Waals surface area contributed by atoms with Gasteiger partial charge < -0.3 is 16.3 Å². The van der Waals surface area contributed by atoms with Crippen molar-refractivity contribution in [1.29, 1.82) is 0 Å². The number of carboxylic acid groups (broad SMARTS) is 1. The van der Waals surface area contributed by atoms with E-state index in [0.29, 0.717) is 11.5 Å². The van der Waals surface area contributed by atoms with Crippen LogP contribution in [0.2, 0.25) is 0 Å². The second-order valence-corrected chi connectivity index (χ2v) is 2.73. The van der Waals surface area contributed by atoms with Crippen LogP contribution in [0.1, 0.15) is 17.3 Å². The molecule has 6 heteroatoms. The minimum Gasteiger partial charge on any atom is -0.478 e. The highest BCUT2D eigenvalue weighted by Gasteiger charge is 2.02. The summed E-state index contributed by atoms with van der Waals surface area (Å²) in [5, 5.41) is 15.0. The summed E-state index contributed by atoms with van der Waals surface area (Å²) in [7, 11) is 0. The molecule has 0 saturated carbocycles. The lowest BCUT2D eigenvalue weighted by atomic mass is 10.2. The highest BCUT2D eigenvalue weighted by Crippen LogP contribution is 2.10. The van der Waals surface area contributed by atoms with Gasteiger partial charge in [0.1, 0.15) is 5.84 Å². The molecule has 0 amide bonds. The maximum atomic E-state index is 10.6. The summed E-state index contributed by atoms with van der Waals surface area (Å²) in [6.45, 7) is 1.69. The SMILES string of the molecule is CC(=NN)Nc1cccc(C(=O)O)c1.Cl. The van der Waals surface area contributed by atoms with E-state index in [-0.39, 0.29) is 18.0 Å². The van der Waals surface area contributed by atoms with Gasteiger partial charge in [-0.2, -0.15) is 5.10 Å². The van der Waals surface area contributed by atoms with E-state index in [2.05, 4.69) is 10.4 Å². The molecule has 0 aliphatic rings. The number of benzene rings is 1. The number of nitrogens with one attached hydrogen (secondary N) is 1. The van der Waals surface area contributed by atoms with Crippen molar-refractivity contribution in [3.05, 3.63) is 29.8 Å². The van der Waals surface area contributed by atoms with Gasteiger partial charge in [-0.05, 0) is 25.1 Å². The van der Waals surface area contributed by atoms with Crippen molar-refractivity contribution in [2.24, 2.45) is 10.9 Å². The highest BCUT2D eigenvalue weighted by molar-refractivity contribution is 5.95. The molecule has 5 nitrogen and oxygen atoms in total. The van der Waals surface area contributed by atoms with Gasteiger partial charge in [0.15, 0.2) is 0 Å². The molecule has 0 radical (unpaired) electrons. The fourth-order valence-corrected chi connectivity index (χ4v) is 0.971. The minimum absolute atomic E-state index is 0. The standard InChI is InChI=1S/C9H11N3O2.ClH/c1-6(12-10)11-8-4-2-3-7(5-8)9(13)14;/h2-5H,10H2,1H3,(H,11,12)(H,13,14);1H. The average Bonchev–Trinajstić information content (AvgIpc) is 2.18. The molecule has 0 aliphatic carbocycles. The number of rotatable bonds is 2. The Balaban J connectivity index is 0.00000196. The van der Waals surface area contributed by atoms with Gasteiger partial charge in [-0.3, -0.25) is 0 Å². The van der Waals surface area contributed by atoms with Crippen LogP contribution in [-0.2, 0) is 0 Å². The van der Waals surface area contributed by atoms with E-state index in [1.54, 1.807) is 19.1 Å². The van der Waals surface area contributed by atoms with Crippen molar-refractivity contribution in [3.63, 3.8) is 0 Å². The smallest absolute Gasteiger partial charge is 0.335 e. The van der Waals surface area contributed by atoms with Crippen LogP contribution in [0.15, 0.2) is 29.4 Å². The molecular formula is C9H12ClN3O2. The van der Waals surface area contributed by atoms with Crippen molar-refractivity contribution in [2.75, 3.05) is 5.32 Å². The molecule has 1 aromatic rings. The van der Waals surface area contributed by atoms with Crippen LogP contribution in [-0.4, -0.2) is 16.9 Å². The van der Waals surface area contributed by atoms with Gasteiger partial charge in [-0.15, -0.1) is 12.4 Å². The molecule has 0 atom stereocenters. The maximum Gasteiger partial charge on any atom is 0.335 e. The van der Waals surface area contributed by atoms with E-state index < -0.39 is 5.97 Å². The lowest BCUT2D eigenvalue weighted by Crippen LogP contribution is -2.10. The largest absolute Gasteiger partial charge is 0.478 e. The monoisotopic (exact) mass is 229 g/mol. The van der Waals surface area contributed by atoms with Crippen molar-refractivity contribution >= 4 is 29.9 Å². The highest BCUT2D eigenvalue weighted by atomic mass is 35.5. The molecule has 0 saturated heterocycles. The molecule has 0 aliphatic heterocycles. The van der Waals surface area contributed by atoms with Gasteiger partial charge in [-0.25, -0.2) is 4.79 Å². The van der Waals surface area contributed by atoms with Crippen molar-refractivity contribution in [1.82, 2.24) is 0 Å². The average molecular weight is 230 g/mol. The first-order valence-electron chi connectivity index (χ1n) is 3.98. The number of amidine groups is 1. The molecular weight excluding hydrogens is 218 g/mol. The van der Waals surface area contributed by atoms with E-state index in [9.17, 15) is 4.79 Å². The van der Waals surface area contributed by atoms with E-state index in [4.69, 9.17) is 10.9 Å². The summed E-state index contributed by atoms with van der Waals surface area (Å²) < 4.78 is 0. The normalized spacial score (nSPS) is 10.3. The molecule has 0 unspecified atom stereocenters. The Morgan fingerprint density at radius 2 is 2.20 bits per heavy atom. The van der Waals surface area contributed by atoms with Crippen LogP contribution in [0, 0.1) is 0 Å². The Morgan fingerprint density at radius 1 is 1.53 bits per heavy atom. The number of nitrogens with two attached hydrogens (primary N) is 1. The van der Waals surface area contributed by atoms with Crippen molar-refractivity contribution in [3.8, 4) is 0 Å². The number of anilines is 1. The number of hydrogen-bond donors (Lipinski definition) is 3. The summed E-state index contributed by atoms with van der Waals surface area (Å²) in [6, 6.07) is 6.41. The maximum absolute atomic E-state index is 10.6. The van der Waals surface area contributed by atoms with Crippen LogP contribution in [0.25, 0.3) is 0 Å². The van der Waals surface area contributed by atoms with Crippen LogP contribution in [0.4, 0.5) is 5.69 Å². The summed E-state index contributed by atoms with van der Waals surface area (Å²) in [5.41, 5.74) is 0.872. The van der Waals surface area contributed by atoms with E-state index in [0.717, 1.165) is 0 Å². The first-order valence-corrected chi connectivity index (χ1v) is 3.98. The Hall–Kier alpha value is -1.75. The zero-order valence-electron chi connectivity index (χ0n) is 8.10. The molecule has 0 fully saturated rings. The quantitative estimate of drug-likeness (QED) is 0.310. The number of hydrogen-bond acceptors (Lipinski definition) is 3. The first-order chi connectivity index (χ1) is 6.63. The van der Waals surface area contributed by atoms with E-state index >= 15 is 0 Å². The Labute approximate surface area is 93.4 Å². The van der Waals surface area contributed by atoms with Crippen LogP contribution in [0.3, 0.4) is 0 Å². The van der Waals surface area contributed by atoms with Crippen LogP contribution >= 0.6 is 12.4 Å². The van der Waals surface area contributed by atoms with Gasteiger partial charge in [0.25, 0.3) is 0 Å². The Kier molecular flexibility index (Phi) is 5.19. The molecule has 0 heterocycles. The lowest BCUT2D eigenvalue weighted by molar-refractivity contribution is 0.0697. The molecule has 1 rings (SSSR count). The van der Waals surface area contributed by atoms with Crippen molar-refractivity contribution < 1.29 is 9.90 Å². The first kappa shape index (κ1) is 13.2. The molecule has 1 aromatic carbocycles. The fourth-order valence-electron chi connectivity index (χ4n) is 0.971. The zero-order valence-corrected chi connectivity index (χ0v) is 8.91. The van der Waals surface area contributed by atoms with Crippen LogP contribution in [0.5, 0.6) is 0 Å². The molecule has 82 valence electrons. The molecule has 0 bridgehead atoms. The fraction of sp³-hybridized carbons (Fsp3) is 0.111. The number of nitrogens with zero attached hydrogens (tertiary/aromatic N) is 1.